The van der Waals surface area contributed by atoms with E-state index < -0.39 is 0 Å². The molecule has 0 heteroatoms. The van der Waals surface area contributed by atoms with Crippen molar-refractivity contribution in [1.82, 2.24) is 0 Å². The van der Waals surface area contributed by atoms with Crippen molar-refractivity contribution in [2.75, 3.05) is 0 Å². The van der Waals surface area contributed by atoms with Gasteiger partial charge in [-0.05, 0) is 38.5 Å². The second-order valence-electron chi connectivity index (χ2n) is 4.60. The molecule has 17 heavy (non-hydrogen) atoms. The minimum Gasteiger partial charge on any atom is -0.103 e. The molecule has 0 unspecified atom stereocenters. The van der Waals surface area contributed by atoms with Gasteiger partial charge in [-0.2, -0.15) is 0 Å². The smallest absolute Gasteiger partial charge is 0.0169 e. The third kappa shape index (κ3) is 15.2. The van der Waals surface area contributed by atoms with Crippen molar-refractivity contribution < 1.29 is 0 Å². The molecule has 0 radical (unpaired) electrons. The molecular weight excluding hydrogens is 204 g/mol. The van der Waals surface area contributed by atoms with Gasteiger partial charge >= 0.3 is 0 Å². The topological polar surface area (TPSA) is 0 Å². The van der Waals surface area contributed by atoms with E-state index in [2.05, 4.69) is 37.8 Å². The average molecular weight is 234 g/mol. The second-order valence-corrected chi connectivity index (χ2v) is 4.60. The van der Waals surface area contributed by atoms with Crippen LogP contribution in [0.25, 0.3) is 0 Å². The Hall–Kier alpha value is -0.780. The first-order chi connectivity index (χ1) is 8.41. The fourth-order valence-electron chi connectivity index (χ4n) is 1.75. The van der Waals surface area contributed by atoms with Gasteiger partial charge in [0, 0.05) is 0 Å². The Morgan fingerprint density at radius 2 is 1.35 bits per heavy atom. The van der Waals surface area contributed by atoms with E-state index in [0.29, 0.717) is 0 Å². The third-order valence-electron chi connectivity index (χ3n) is 2.86. The van der Waals surface area contributed by atoms with E-state index in [1.807, 2.05) is 6.08 Å². The molecule has 0 fully saturated rings. The van der Waals surface area contributed by atoms with Crippen LogP contribution in [0.3, 0.4) is 0 Å². The van der Waals surface area contributed by atoms with Gasteiger partial charge in [-0.3, -0.25) is 0 Å². The summed E-state index contributed by atoms with van der Waals surface area (Å²) in [6, 6.07) is 0. The normalized spacial score (nSPS) is 11.6. The molecule has 98 valence electrons. The van der Waals surface area contributed by atoms with Crippen LogP contribution in [-0.4, -0.2) is 0 Å². The quantitative estimate of drug-likeness (QED) is 0.278. The molecular formula is C17H30. The maximum absolute atomic E-state index is 3.72. The largest absolute Gasteiger partial charge is 0.103 e. The lowest BCUT2D eigenvalue weighted by Gasteiger charge is -1.95. The van der Waals surface area contributed by atoms with E-state index in [-0.39, 0.29) is 0 Å². The number of unbranched alkanes of at least 4 members (excludes halogenated alkanes) is 7. The van der Waals surface area contributed by atoms with Crippen molar-refractivity contribution >= 4 is 0 Å². The molecule has 0 amide bonds. The van der Waals surface area contributed by atoms with Gasteiger partial charge in [0.05, 0.1) is 0 Å². The lowest BCUT2D eigenvalue weighted by molar-refractivity contribution is 0.637. The van der Waals surface area contributed by atoms with E-state index in [1.54, 1.807) is 0 Å². The zero-order chi connectivity index (χ0) is 12.6. The van der Waals surface area contributed by atoms with E-state index in [0.717, 1.165) is 12.8 Å². The van der Waals surface area contributed by atoms with Gasteiger partial charge in [-0.15, -0.1) is 6.58 Å². The number of hydrogen-bond acceptors (Lipinski definition) is 0. The first-order valence-electron chi connectivity index (χ1n) is 7.32. The van der Waals surface area contributed by atoms with Gasteiger partial charge in [0.1, 0.15) is 0 Å². The molecule has 0 aliphatic rings. The maximum Gasteiger partial charge on any atom is -0.0169 e. The zero-order valence-electron chi connectivity index (χ0n) is 11.7. The van der Waals surface area contributed by atoms with Crippen LogP contribution in [0, 0.1) is 0 Å². The van der Waals surface area contributed by atoms with Crippen molar-refractivity contribution in [2.45, 2.75) is 71.1 Å². The number of allylic oxidation sites excluding steroid dienone is 5. The van der Waals surface area contributed by atoms with Gasteiger partial charge < -0.3 is 0 Å². The van der Waals surface area contributed by atoms with Crippen molar-refractivity contribution in [1.29, 1.82) is 0 Å². The maximum atomic E-state index is 3.72. The van der Waals surface area contributed by atoms with Gasteiger partial charge in [-0.25, -0.2) is 0 Å². The fourth-order valence-corrected chi connectivity index (χ4v) is 1.75. The van der Waals surface area contributed by atoms with Crippen molar-refractivity contribution in [3.05, 3.63) is 37.0 Å². The Balaban J connectivity index is 3.16. The predicted octanol–water partition coefficient (Wildman–Crippen LogP) is 6.21. The highest BCUT2D eigenvalue weighted by molar-refractivity contribution is 4.92. The highest BCUT2D eigenvalue weighted by Gasteiger charge is 1.85. The van der Waals surface area contributed by atoms with Crippen LogP contribution in [0.2, 0.25) is 0 Å². The molecule has 0 nitrogen and oxygen atoms in total. The molecule has 0 aliphatic carbocycles. The molecule has 0 aromatic carbocycles. The fraction of sp³-hybridized carbons (Fsp3) is 0.647. The summed E-state index contributed by atoms with van der Waals surface area (Å²) < 4.78 is 0. The monoisotopic (exact) mass is 234 g/mol. The Bertz CT molecular complexity index is 198. The first kappa shape index (κ1) is 16.2. The van der Waals surface area contributed by atoms with Gasteiger partial charge in [0.25, 0.3) is 0 Å². The molecule has 0 saturated carbocycles. The summed E-state index contributed by atoms with van der Waals surface area (Å²) in [4.78, 5) is 0. The predicted molar refractivity (Wildman–Crippen MR) is 80.3 cm³/mol. The summed E-state index contributed by atoms with van der Waals surface area (Å²) in [5.41, 5.74) is 0. The van der Waals surface area contributed by atoms with E-state index in [1.165, 1.54) is 51.4 Å². The van der Waals surface area contributed by atoms with Crippen LogP contribution in [0.15, 0.2) is 37.0 Å². The minimum absolute atomic E-state index is 1.10. The van der Waals surface area contributed by atoms with Gasteiger partial charge in [0.2, 0.25) is 0 Å². The standard InChI is InChI=1S/C17H30/c1-3-5-7-9-11-13-15-17-16-14-12-10-8-6-4-2/h3,11,13,16-17H,1,4-10,12,14-15H2,2H3/b13-11-,17-16-. The molecule has 0 aromatic heterocycles. The molecule has 0 aromatic rings. The average Bonchev–Trinajstić information content (AvgIpc) is 2.35. The summed E-state index contributed by atoms with van der Waals surface area (Å²) in [7, 11) is 0. The summed E-state index contributed by atoms with van der Waals surface area (Å²) in [5, 5.41) is 0. The molecule has 0 saturated heterocycles. The Morgan fingerprint density at radius 1 is 0.706 bits per heavy atom. The Morgan fingerprint density at radius 3 is 2.00 bits per heavy atom. The van der Waals surface area contributed by atoms with Crippen LogP contribution >= 0.6 is 0 Å². The van der Waals surface area contributed by atoms with Crippen LogP contribution < -0.4 is 0 Å². The van der Waals surface area contributed by atoms with Crippen molar-refractivity contribution in [3.63, 3.8) is 0 Å². The number of rotatable bonds is 12. The Kier molecular flexibility index (Phi) is 14.5. The Labute approximate surface area is 109 Å². The molecule has 0 rings (SSSR count). The minimum atomic E-state index is 1.10. The first-order valence-corrected chi connectivity index (χ1v) is 7.32. The highest BCUT2D eigenvalue weighted by atomic mass is 13.9. The second kappa shape index (κ2) is 15.2. The molecule has 0 N–H and O–H groups in total. The van der Waals surface area contributed by atoms with E-state index in [4.69, 9.17) is 0 Å². The summed E-state index contributed by atoms with van der Waals surface area (Å²) in [5.74, 6) is 0. The van der Waals surface area contributed by atoms with Crippen LogP contribution in [-0.2, 0) is 0 Å². The summed E-state index contributed by atoms with van der Waals surface area (Å²) >= 11 is 0. The third-order valence-corrected chi connectivity index (χ3v) is 2.86. The van der Waals surface area contributed by atoms with Crippen molar-refractivity contribution in [3.8, 4) is 0 Å². The van der Waals surface area contributed by atoms with Crippen LogP contribution in [0.5, 0.6) is 0 Å². The lowest BCUT2D eigenvalue weighted by Crippen LogP contribution is -1.75. The summed E-state index contributed by atoms with van der Waals surface area (Å²) in [6.45, 7) is 5.98. The van der Waals surface area contributed by atoms with Gasteiger partial charge in [0.15, 0.2) is 0 Å². The molecule has 0 heterocycles. The van der Waals surface area contributed by atoms with E-state index >= 15 is 0 Å². The molecule has 0 aliphatic heterocycles. The molecule has 0 atom stereocenters. The van der Waals surface area contributed by atoms with Crippen LogP contribution in [0.4, 0.5) is 0 Å². The molecule has 0 spiro atoms. The van der Waals surface area contributed by atoms with E-state index in [9.17, 15) is 0 Å². The van der Waals surface area contributed by atoms with Gasteiger partial charge in [-0.1, -0.05) is 63.0 Å². The summed E-state index contributed by atoms with van der Waals surface area (Å²) in [6.07, 6.45) is 24.0. The van der Waals surface area contributed by atoms with Crippen LogP contribution in [0.1, 0.15) is 71.1 Å². The lowest BCUT2D eigenvalue weighted by atomic mass is 10.1. The highest BCUT2D eigenvalue weighted by Crippen LogP contribution is 2.05. The zero-order valence-corrected chi connectivity index (χ0v) is 11.7. The SMILES string of the molecule is C=CCCC/C=C\C/C=C\CCCCCCC. The molecule has 0 bridgehead atoms. The van der Waals surface area contributed by atoms with Crippen molar-refractivity contribution in [2.24, 2.45) is 0 Å². The number of hydrogen-bond donors (Lipinski definition) is 0.